The van der Waals surface area contributed by atoms with E-state index in [1.807, 2.05) is 6.20 Å². The maximum Gasteiger partial charge on any atom is 0.0670 e. The molecular formula is C21H23N5. The molecule has 0 aliphatic carbocycles. The molecule has 0 amide bonds. The van der Waals surface area contributed by atoms with Gasteiger partial charge in [-0.05, 0) is 29.7 Å². The SMILES string of the molecule is c1ccc2c(NCCNCCNc3ccc4cn[nH]c4c3)cccc2c1. The maximum atomic E-state index is 4.04. The first-order chi connectivity index (χ1) is 12.9. The van der Waals surface area contributed by atoms with Gasteiger partial charge < -0.3 is 16.0 Å². The summed E-state index contributed by atoms with van der Waals surface area (Å²) in [7, 11) is 0. The minimum atomic E-state index is 0.883. The Kier molecular flexibility index (Phi) is 4.98. The Morgan fingerprint density at radius 1 is 0.769 bits per heavy atom. The third-order valence-electron chi connectivity index (χ3n) is 4.48. The van der Waals surface area contributed by atoms with Gasteiger partial charge in [0, 0.05) is 48.3 Å². The van der Waals surface area contributed by atoms with Gasteiger partial charge >= 0.3 is 0 Å². The molecule has 1 aromatic heterocycles. The first-order valence-corrected chi connectivity index (χ1v) is 8.99. The van der Waals surface area contributed by atoms with E-state index in [1.165, 1.54) is 16.5 Å². The van der Waals surface area contributed by atoms with E-state index in [2.05, 4.69) is 86.8 Å². The van der Waals surface area contributed by atoms with Crippen LogP contribution in [-0.4, -0.2) is 36.4 Å². The first kappa shape index (κ1) is 16.4. The average Bonchev–Trinajstić information content (AvgIpc) is 3.15. The second-order valence-corrected chi connectivity index (χ2v) is 6.30. The number of rotatable bonds is 8. The summed E-state index contributed by atoms with van der Waals surface area (Å²) >= 11 is 0. The molecule has 3 aromatic carbocycles. The monoisotopic (exact) mass is 345 g/mol. The predicted octanol–water partition coefficient (Wildman–Crippen LogP) is 3.83. The van der Waals surface area contributed by atoms with E-state index >= 15 is 0 Å². The van der Waals surface area contributed by atoms with Gasteiger partial charge in [0.25, 0.3) is 0 Å². The summed E-state index contributed by atoms with van der Waals surface area (Å²) in [6.45, 7) is 3.62. The lowest BCUT2D eigenvalue weighted by Gasteiger charge is -2.11. The summed E-state index contributed by atoms with van der Waals surface area (Å²) in [5, 5.41) is 21.1. The van der Waals surface area contributed by atoms with E-state index in [9.17, 15) is 0 Å². The summed E-state index contributed by atoms with van der Waals surface area (Å²) in [5.41, 5.74) is 3.36. The molecule has 0 radical (unpaired) electrons. The van der Waals surface area contributed by atoms with Gasteiger partial charge in [0.1, 0.15) is 0 Å². The maximum absolute atomic E-state index is 4.04. The first-order valence-electron chi connectivity index (χ1n) is 8.99. The van der Waals surface area contributed by atoms with Gasteiger partial charge in [-0.25, -0.2) is 0 Å². The van der Waals surface area contributed by atoms with Crippen molar-refractivity contribution in [2.45, 2.75) is 0 Å². The number of anilines is 2. The molecule has 0 saturated heterocycles. The largest absolute Gasteiger partial charge is 0.384 e. The third-order valence-corrected chi connectivity index (χ3v) is 4.48. The number of fused-ring (bicyclic) bond motifs is 2. The van der Waals surface area contributed by atoms with Crippen LogP contribution < -0.4 is 16.0 Å². The van der Waals surface area contributed by atoms with E-state index in [0.29, 0.717) is 0 Å². The number of nitrogens with zero attached hydrogens (tertiary/aromatic N) is 1. The molecule has 0 unspecified atom stereocenters. The number of H-pyrrole nitrogens is 1. The van der Waals surface area contributed by atoms with Crippen LogP contribution in [0.3, 0.4) is 0 Å². The van der Waals surface area contributed by atoms with Crippen LogP contribution in [-0.2, 0) is 0 Å². The molecule has 4 aromatic rings. The highest BCUT2D eigenvalue weighted by Crippen LogP contribution is 2.22. The molecule has 0 bridgehead atoms. The van der Waals surface area contributed by atoms with Crippen molar-refractivity contribution in [3.05, 3.63) is 66.9 Å². The van der Waals surface area contributed by atoms with Crippen LogP contribution in [0.2, 0.25) is 0 Å². The molecule has 0 aliphatic rings. The standard InChI is InChI=1S/C21H23N5/c1-2-6-19-16(4-1)5-3-7-20(19)24-13-11-22-10-12-23-18-9-8-17-15-25-26-21(17)14-18/h1-9,14-15,22-24H,10-13H2,(H,25,26). The molecule has 0 aliphatic heterocycles. The number of aromatic nitrogens is 2. The number of benzene rings is 3. The molecule has 0 saturated carbocycles. The summed E-state index contributed by atoms with van der Waals surface area (Å²) in [5.74, 6) is 0. The van der Waals surface area contributed by atoms with Crippen LogP contribution in [0.5, 0.6) is 0 Å². The smallest absolute Gasteiger partial charge is 0.0670 e. The van der Waals surface area contributed by atoms with Crippen molar-refractivity contribution >= 4 is 33.1 Å². The average molecular weight is 345 g/mol. The zero-order valence-corrected chi connectivity index (χ0v) is 14.6. The number of hydrogen-bond donors (Lipinski definition) is 4. The minimum Gasteiger partial charge on any atom is -0.384 e. The second-order valence-electron chi connectivity index (χ2n) is 6.30. The topological polar surface area (TPSA) is 64.8 Å². The van der Waals surface area contributed by atoms with E-state index in [4.69, 9.17) is 0 Å². The van der Waals surface area contributed by atoms with Gasteiger partial charge in [0.2, 0.25) is 0 Å². The molecule has 5 nitrogen and oxygen atoms in total. The highest BCUT2D eigenvalue weighted by molar-refractivity contribution is 5.93. The Balaban J connectivity index is 1.18. The highest BCUT2D eigenvalue weighted by Gasteiger charge is 1.99. The molecule has 0 atom stereocenters. The van der Waals surface area contributed by atoms with Crippen molar-refractivity contribution in [1.82, 2.24) is 15.5 Å². The molecule has 0 fully saturated rings. The Labute approximate surface area is 152 Å². The molecule has 5 heteroatoms. The fourth-order valence-electron chi connectivity index (χ4n) is 3.13. The van der Waals surface area contributed by atoms with Crippen LogP contribution in [0.25, 0.3) is 21.7 Å². The zero-order chi connectivity index (χ0) is 17.6. The van der Waals surface area contributed by atoms with Crippen molar-refractivity contribution in [2.75, 3.05) is 36.8 Å². The minimum absolute atomic E-state index is 0.883. The Morgan fingerprint density at radius 2 is 1.62 bits per heavy atom. The molecule has 1 heterocycles. The summed E-state index contributed by atoms with van der Waals surface area (Å²) in [4.78, 5) is 0. The van der Waals surface area contributed by atoms with Gasteiger partial charge in [-0.3, -0.25) is 5.10 Å². The third kappa shape index (κ3) is 3.78. The van der Waals surface area contributed by atoms with Crippen molar-refractivity contribution in [3.63, 3.8) is 0 Å². The summed E-state index contributed by atoms with van der Waals surface area (Å²) < 4.78 is 0. The summed E-state index contributed by atoms with van der Waals surface area (Å²) in [6.07, 6.45) is 1.84. The number of aromatic amines is 1. The lowest BCUT2D eigenvalue weighted by atomic mass is 10.1. The lowest BCUT2D eigenvalue weighted by Crippen LogP contribution is -2.27. The quantitative estimate of drug-likeness (QED) is 0.367. The van der Waals surface area contributed by atoms with Gasteiger partial charge in [-0.1, -0.05) is 36.4 Å². The van der Waals surface area contributed by atoms with Crippen molar-refractivity contribution < 1.29 is 0 Å². The normalized spacial score (nSPS) is 11.1. The number of nitrogens with one attached hydrogen (secondary N) is 4. The van der Waals surface area contributed by atoms with Crippen LogP contribution >= 0.6 is 0 Å². The molecule has 26 heavy (non-hydrogen) atoms. The second kappa shape index (κ2) is 7.89. The van der Waals surface area contributed by atoms with E-state index in [1.54, 1.807) is 0 Å². The molecule has 4 rings (SSSR count). The Morgan fingerprint density at radius 3 is 2.58 bits per heavy atom. The lowest BCUT2D eigenvalue weighted by molar-refractivity contribution is 0.719. The van der Waals surface area contributed by atoms with Crippen LogP contribution in [0.15, 0.2) is 66.9 Å². The zero-order valence-electron chi connectivity index (χ0n) is 14.6. The molecular weight excluding hydrogens is 322 g/mol. The molecule has 132 valence electrons. The highest BCUT2D eigenvalue weighted by atomic mass is 15.1. The summed E-state index contributed by atoms with van der Waals surface area (Å²) in [6, 6.07) is 21.1. The fourth-order valence-corrected chi connectivity index (χ4v) is 3.13. The van der Waals surface area contributed by atoms with Crippen LogP contribution in [0.1, 0.15) is 0 Å². The van der Waals surface area contributed by atoms with Crippen molar-refractivity contribution in [3.8, 4) is 0 Å². The fraction of sp³-hybridized carbons (Fsp3) is 0.190. The Hall–Kier alpha value is -3.05. The van der Waals surface area contributed by atoms with E-state index < -0.39 is 0 Å². The van der Waals surface area contributed by atoms with E-state index in [0.717, 1.165) is 42.8 Å². The number of hydrogen-bond acceptors (Lipinski definition) is 4. The van der Waals surface area contributed by atoms with Crippen LogP contribution in [0.4, 0.5) is 11.4 Å². The molecule has 0 spiro atoms. The van der Waals surface area contributed by atoms with Gasteiger partial charge in [-0.2, -0.15) is 5.10 Å². The van der Waals surface area contributed by atoms with Crippen molar-refractivity contribution in [2.24, 2.45) is 0 Å². The van der Waals surface area contributed by atoms with E-state index in [-0.39, 0.29) is 0 Å². The van der Waals surface area contributed by atoms with Crippen molar-refractivity contribution in [1.29, 1.82) is 0 Å². The van der Waals surface area contributed by atoms with Gasteiger partial charge in [-0.15, -0.1) is 0 Å². The Bertz CT molecular complexity index is 986. The predicted molar refractivity (Wildman–Crippen MR) is 110 cm³/mol. The van der Waals surface area contributed by atoms with Gasteiger partial charge in [0.15, 0.2) is 0 Å². The molecule has 4 N–H and O–H groups in total. The van der Waals surface area contributed by atoms with Gasteiger partial charge in [0.05, 0.1) is 11.7 Å². The van der Waals surface area contributed by atoms with Crippen LogP contribution in [0, 0.1) is 0 Å².